The van der Waals surface area contributed by atoms with E-state index in [-0.39, 0.29) is 0 Å². The normalized spacial score (nSPS) is 51.5. The molecule has 0 nitrogen and oxygen atoms in total. The first-order chi connectivity index (χ1) is 6.34. The molecule has 0 aromatic heterocycles. The van der Waals surface area contributed by atoms with Gasteiger partial charge in [-0.1, -0.05) is 20.8 Å². The fourth-order valence-electron chi connectivity index (χ4n) is 4.29. The fourth-order valence-corrected chi connectivity index (χ4v) is 4.29. The van der Waals surface area contributed by atoms with Crippen molar-refractivity contribution in [3.63, 3.8) is 0 Å². The third-order valence-corrected chi connectivity index (χ3v) is 4.62. The maximum absolute atomic E-state index is 2.46. The molecule has 0 heterocycles. The van der Waals surface area contributed by atoms with Crippen molar-refractivity contribution in [2.75, 3.05) is 0 Å². The highest BCUT2D eigenvalue weighted by Gasteiger charge is 2.50. The van der Waals surface area contributed by atoms with Crippen LogP contribution in [0.25, 0.3) is 0 Å². The van der Waals surface area contributed by atoms with Crippen molar-refractivity contribution in [2.24, 2.45) is 29.6 Å². The summed E-state index contributed by atoms with van der Waals surface area (Å²) < 4.78 is 0. The smallest absolute Gasteiger partial charge is 0.0352 e. The Hall–Kier alpha value is 0. The molecule has 0 aromatic rings. The molecule has 0 saturated heterocycles. The molecule has 0 radical (unpaired) electrons. The summed E-state index contributed by atoms with van der Waals surface area (Å²) >= 11 is 0. The first kappa shape index (κ1) is 9.55. The first-order valence-corrected chi connectivity index (χ1v) is 6.34. The molecular formula is C13H24. The predicted octanol–water partition coefficient (Wildman–Crippen LogP) is 4.10. The van der Waals surface area contributed by atoms with E-state index in [1.807, 2.05) is 13.8 Å². The van der Waals surface area contributed by atoms with Gasteiger partial charge in [0.1, 0.15) is 0 Å². The topological polar surface area (TPSA) is 0 Å². The third-order valence-electron chi connectivity index (χ3n) is 4.62. The van der Waals surface area contributed by atoms with Crippen molar-refractivity contribution in [3.8, 4) is 0 Å². The highest BCUT2D eigenvalue weighted by molar-refractivity contribution is 5.00. The van der Waals surface area contributed by atoms with Crippen molar-refractivity contribution in [2.45, 2.75) is 52.9 Å². The van der Waals surface area contributed by atoms with Crippen LogP contribution in [0.5, 0.6) is 0 Å². The van der Waals surface area contributed by atoms with Crippen LogP contribution < -0.4 is 0 Å². The summed E-state index contributed by atoms with van der Waals surface area (Å²) in [6, 6.07) is 0. The molecule has 3 aliphatic rings. The van der Waals surface area contributed by atoms with Gasteiger partial charge in [-0.15, -0.1) is 0 Å². The molecule has 2 bridgehead atoms. The molecule has 3 saturated carbocycles. The maximum atomic E-state index is 2.46. The number of rotatable bonds is 0. The molecule has 4 atom stereocenters. The summed E-state index contributed by atoms with van der Waals surface area (Å²) in [5, 5.41) is 0. The van der Waals surface area contributed by atoms with E-state index in [4.69, 9.17) is 0 Å². The van der Waals surface area contributed by atoms with Gasteiger partial charge in [0.15, 0.2) is 0 Å². The largest absolute Gasteiger partial charge is 0.0683 e. The lowest BCUT2D eigenvalue weighted by atomic mass is 9.82. The van der Waals surface area contributed by atoms with Crippen molar-refractivity contribution in [3.05, 3.63) is 0 Å². The zero-order valence-electron chi connectivity index (χ0n) is 9.42. The number of hydrogen-bond acceptors (Lipinski definition) is 0. The van der Waals surface area contributed by atoms with Crippen LogP contribution in [-0.2, 0) is 0 Å². The standard InChI is InChI=1S/C11H18.C2H6/c1-7-4-10-8-2-3-9(6-8)11(10)5-7;1-2/h7-11H,2-6H2,1H3;1-2H3. The Bertz CT molecular complexity index is 155. The fraction of sp³-hybridized carbons (Fsp3) is 1.00. The van der Waals surface area contributed by atoms with Gasteiger partial charge in [-0.2, -0.15) is 0 Å². The number of hydrogen-bond donors (Lipinski definition) is 0. The Morgan fingerprint density at radius 1 is 0.769 bits per heavy atom. The zero-order chi connectivity index (χ0) is 9.42. The van der Waals surface area contributed by atoms with Crippen LogP contribution in [-0.4, -0.2) is 0 Å². The van der Waals surface area contributed by atoms with E-state index in [0.717, 1.165) is 5.92 Å². The summed E-state index contributed by atoms with van der Waals surface area (Å²) in [5.41, 5.74) is 0. The Kier molecular flexibility index (Phi) is 2.67. The Morgan fingerprint density at radius 2 is 1.23 bits per heavy atom. The maximum Gasteiger partial charge on any atom is -0.0352 e. The molecular weight excluding hydrogens is 156 g/mol. The molecule has 0 heteroatoms. The van der Waals surface area contributed by atoms with Gasteiger partial charge in [0.2, 0.25) is 0 Å². The van der Waals surface area contributed by atoms with Gasteiger partial charge in [-0.25, -0.2) is 0 Å². The van der Waals surface area contributed by atoms with Gasteiger partial charge in [-0.05, 0) is 61.7 Å². The van der Waals surface area contributed by atoms with Gasteiger partial charge in [-0.3, -0.25) is 0 Å². The minimum Gasteiger partial charge on any atom is -0.0683 e. The predicted molar refractivity (Wildman–Crippen MR) is 57.6 cm³/mol. The minimum atomic E-state index is 1.06. The van der Waals surface area contributed by atoms with Crippen molar-refractivity contribution in [1.82, 2.24) is 0 Å². The summed E-state index contributed by atoms with van der Waals surface area (Å²) in [5.74, 6) is 5.78. The van der Waals surface area contributed by atoms with E-state index in [1.165, 1.54) is 23.7 Å². The quantitative estimate of drug-likeness (QED) is 0.526. The summed E-state index contributed by atoms with van der Waals surface area (Å²) in [7, 11) is 0. The average Bonchev–Trinajstić information content (AvgIpc) is 2.77. The molecule has 13 heavy (non-hydrogen) atoms. The molecule has 4 unspecified atom stereocenters. The van der Waals surface area contributed by atoms with E-state index < -0.39 is 0 Å². The van der Waals surface area contributed by atoms with E-state index in [0.29, 0.717) is 0 Å². The van der Waals surface area contributed by atoms with Crippen molar-refractivity contribution in [1.29, 1.82) is 0 Å². The van der Waals surface area contributed by atoms with Crippen molar-refractivity contribution < 1.29 is 0 Å². The summed E-state index contributed by atoms with van der Waals surface area (Å²) in [6.45, 7) is 6.46. The molecule has 3 fully saturated rings. The lowest BCUT2D eigenvalue weighted by Gasteiger charge is -2.23. The molecule has 0 spiro atoms. The van der Waals surface area contributed by atoms with Gasteiger partial charge in [0.25, 0.3) is 0 Å². The van der Waals surface area contributed by atoms with Crippen LogP contribution in [0.3, 0.4) is 0 Å². The van der Waals surface area contributed by atoms with Crippen molar-refractivity contribution >= 4 is 0 Å². The van der Waals surface area contributed by atoms with E-state index >= 15 is 0 Å². The highest BCUT2D eigenvalue weighted by atomic mass is 14.6. The Labute approximate surface area is 83.1 Å². The summed E-state index contributed by atoms with van der Waals surface area (Å²) in [4.78, 5) is 0. The molecule has 3 rings (SSSR count). The second-order valence-corrected chi connectivity index (χ2v) is 5.24. The molecule has 0 aliphatic heterocycles. The third kappa shape index (κ3) is 1.43. The minimum absolute atomic E-state index is 1.06. The second-order valence-electron chi connectivity index (χ2n) is 5.24. The van der Waals surface area contributed by atoms with Gasteiger partial charge in [0.05, 0.1) is 0 Å². The molecule has 76 valence electrons. The van der Waals surface area contributed by atoms with E-state index in [9.17, 15) is 0 Å². The van der Waals surface area contributed by atoms with Crippen LogP contribution in [0.1, 0.15) is 52.9 Å². The number of fused-ring (bicyclic) bond motifs is 5. The average molecular weight is 180 g/mol. The van der Waals surface area contributed by atoms with Gasteiger partial charge >= 0.3 is 0 Å². The Morgan fingerprint density at radius 3 is 1.69 bits per heavy atom. The van der Waals surface area contributed by atoms with Crippen LogP contribution in [0.2, 0.25) is 0 Å². The van der Waals surface area contributed by atoms with Crippen LogP contribution >= 0.6 is 0 Å². The lowest BCUT2D eigenvalue weighted by Crippen LogP contribution is -2.15. The molecule has 3 aliphatic carbocycles. The van der Waals surface area contributed by atoms with Crippen LogP contribution in [0, 0.1) is 29.6 Å². The Balaban J connectivity index is 0.000000308. The molecule has 0 amide bonds. The van der Waals surface area contributed by atoms with E-state index in [2.05, 4.69) is 6.92 Å². The first-order valence-electron chi connectivity index (χ1n) is 6.34. The summed E-state index contributed by atoms with van der Waals surface area (Å²) in [6.07, 6.45) is 7.93. The van der Waals surface area contributed by atoms with Crippen LogP contribution in [0.4, 0.5) is 0 Å². The van der Waals surface area contributed by atoms with Gasteiger partial charge in [0, 0.05) is 0 Å². The molecule has 0 aromatic carbocycles. The van der Waals surface area contributed by atoms with E-state index in [1.54, 1.807) is 32.1 Å². The highest BCUT2D eigenvalue weighted by Crippen LogP contribution is 2.59. The SMILES string of the molecule is CC.CC1CC2C3CCC(C3)C2C1. The van der Waals surface area contributed by atoms with Crippen LogP contribution in [0.15, 0.2) is 0 Å². The molecule has 0 N–H and O–H groups in total. The lowest BCUT2D eigenvalue weighted by molar-refractivity contribution is 0.259. The second kappa shape index (κ2) is 3.63. The monoisotopic (exact) mass is 180 g/mol. The zero-order valence-corrected chi connectivity index (χ0v) is 9.42. The van der Waals surface area contributed by atoms with Gasteiger partial charge < -0.3 is 0 Å².